The molecule has 0 fully saturated rings. The van der Waals surface area contributed by atoms with E-state index in [4.69, 9.17) is 9.47 Å². The smallest absolute Gasteiger partial charge is 0.343 e. The van der Waals surface area contributed by atoms with Crippen molar-refractivity contribution < 1.29 is 19.0 Å². The molecule has 2 aromatic carbocycles. The Labute approximate surface area is 169 Å². The summed E-state index contributed by atoms with van der Waals surface area (Å²) >= 11 is 3.50. The van der Waals surface area contributed by atoms with Crippen molar-refractivity contribution in [3.05, 3.63) is 64.1 Å². The zero-order chi connectivity index (χ0) is 19.6. The summed E-state index contributed by atoms with van der Waals surface area (Å²) in [5.74, 6) is 0.258. The van der Waals surface area contributed by atoms with E-state index in [1.54, 1.807) is 7.11 Å². The van der Waals surface area contributed by atoms with E-state index in [9.17, 15) is 4.79 Å². The van der Waals surface area contributed by atoms with Gasteiger partial charge in [0, 0.05) is 24.2 Å². The van der Waals surface area contributed by atoms with Crippen LogP contribution in [0.25, 0.3) is 0 Å². The van der Waals surface area contributed by atoms with Crippen molar-refractivity contribution in [2.45, 2.75) is 25.5 Å². The molecule has 2 atom stereocenters. The highest BCUT2D eigenvalue weighted by molar-refractivity contribution is 9.10. The number of carbonyl (C=O) groups is 1. The third-order valence-corrected chi connectivity index (χ3v) is 4.70. The summed E-state index contributed by atoms with van der Waals surface area (Å²) in [5.41, 5.74) is 2.33. The molecule has 0 aliphatic carbocycles. The average Bonchev–Trinajstić information content (AvgIpc) is 2.67. The van der Waals surface area contributed by atoms with Crippen LogP contribution in [-0.4, -0.2) is 39.4 Å². The molecule has 2 rings (SSSR count). The van der Waals surface area contributed by atoms with Crippen LogP contribution in [0.15, 0.2) is 53.0 Å². The van der Waals surface area contributed by atoms with Crippen LogP contribution >= 0.6 is 15.9 Å². The Hall–Kier alpha value is -1.89. The molecule has 0 radical (unpaired) electrons. The summed E-state index contributed by atoms with van der Waals surface area (Å²) in [6.45, 7) is 2.80. The maximum Gasteiger partial charge on any atom is 0.343 e. The predicted octanol–water partition coefficient (Wildman–Crippen LogP) is 3.91. The molecule has 6 heteroatoms. The number of carbonyl (C=O) groups excluding carboxylic acids is 1. The molecule has 1 N–H and O–H groups in total. The Morgan fingerprint density at radius 3 is 2.52 bits per heavy atom. The molecule has 2 unspecified atom stereocenters. The standard InChI is InChI=1S/C21H26BrNO4/c1-15(23-13-20(25-2)17-5-4-6-18(22)12-17)11-16-7-9-19(10-8-16)27-14-21(24)26-3/h4-10,12,15,20,23H,11,13-14H2,1-3H3. The maximum atomic E-state index is 11.1. The van der Waals surface area contributed by atoms with Gasteiger partial charge in [0.1, 0.15) is 5.75 Å². The number of esters is 1. The first kappa shape index (κ1) is 21.4. The number of ether oxygens (including phenoxy) is 3. The van der Waals surface area contributed by atoms with Gasteiger partial charge in [-0.15, -0.1) is 0 Å². The molecule has 0 saturated heterocycles. The molecular formula is C21H26BrNO4. The lowest BCUT2D eigenvalue weighted by Crippen LogP contribution is -2.32. The van der Waals surface area contributed by atoms with E-state index < -0.39 is 5.97 Å². The van der Waals surface area contributed by atoms with Crippen molar-refractivity contribution in [3.8, 4) is 5.75 Å². The van der Waals surface area contributed by atoms with Crippen molar-refractivity contribution >= 4 is 21.9 Å². The maximum absolute atomic E-state index is 11.1. The number of rotatable bonds is 10. The van der Waals surface area contributed by atoms with Gasteiger partial charge >= 0.3 is 5.97 Å². The van der Waals surface area contributed by atoms with Gasteiger partial charge in [-0.05, 0) is 48.7 Å². The topological polar surface area (TPSA) is 56.8 Å². The second kappa shape index (κ2) is 11.1. The van der Waals surface area contributed by atoms with Crippen molar-refractivity contribution in [2.75, 3.05) is 27.4 Å². The number of nitrogens with one attached hydrogen (secondary N) is 1. The summed E-state index contributed by atoms with van der Waals surface area (Å²) in [5, 5.41) is 3.53. The van der Waals surface area contributed by atoms with Gasteiger partial charge < -0.3 is 19.5 Å². The van der Waals surface area contributed by atoms with E-state index >= 15 is 0 Å². The second-order valence-electron chi connectivity index (χ2n) is 6.30. The van der Waals surface area contributed by atoms with Crippen LogP contribution in [0.2, 0.25) is 0 Å². The fourth-order valence-electron chi connectivity index (χ4n) is 2.70. The molecule has 0 saturated carbocycles. The molecule has 0 amide bonds. The molecule has 0 bridgehead atoms. The minimum Gasteiger partial charge on any atom is -0.482 e. The number of methoxy groups -OCH3 is 2. The van der Waals surface area contributed by atoms with Gasteiger partial charge in [-0.25, -0.2) is 4.79 Å². The van der Waals surface area contributed by atoms with Crippen molar-refractivity contribution in [2.24, 2.45) is 0 Å². The molecule has 0 aromatic heterocycles. The minimum atomic E-state index is -0.393. The van der Waals surface area contributed by atoms with E-state index in [0.29, 0.717) is 5.75 Å². The normalized spacial score (nSPS) is 13.0. The van der Waals surface area contributed by atoms with Crippen LogP contribution in [0.1, 0.15) is 24.2 Å². The van der Waals surface area contributed by atoms with Crippen LogP contribution < -0.4 is 10.1 Å². The first-order valence-corrected chi connectivity index (χ1v) is 9.61. The summed E-state index contributed by atoms with van der Waals surface area (Å²) in [4.78, 5) is 11.1. The highest BCUT2D eigenvalue weighted by atomic mass is 79.9. The van der Waals surface area contributed by atoms with Gasteiger partial charge in [-0.1, -0.05) is 40.2 Å². The summed E-state index contributed by atoms with van der Waals surface area (Å²) in [6, 6.07) is 16.2. The van der Waals surface area contributed by atoms with E-state index in [1.165, 1.54) is 12.7 Å². The van der Waals surface area contributed by atoms with Crippen LogP contribution in [0, 0.1) is 0 Å². The molecule has 2 aromatic rings. The SMILES string of the molecule is COC(=O)COc1ccc(CC(C)NCC(OC)c2cccc(Br)c2)cc1. The van der Waals surface area contributed by atoms with Gasteiger partial charge in [0.25, 0.3) is 0 Å². The molecule has 0 spiro atoms. The van der Waals surface area contributed by atoms with E-state index in [2.05, 4.69) is 45.0 Å². The monoisotopic (exact) mass is 435 g/mol. The van der Waals surface area contributed by atoms with Crippen LogP contribution in [0.4, 0.5) is 0 Å². The second-order valence-corrected chi connectivity index (χ2v) is 7.22. The van der Waals surface area contributed by atoms with Gasteiger partial charge in [0.05, 0.1) is 13.2 Å². The average molecular weight is 436 g/mol. The highest BCUT2D eigenvalue weighted by Gasteiger charge is 2.13. The molecule has 0 aliphatic rings. The fraction of sp³-hybridized carbons (Fsp3) is 0.381. The lowest BCUT2D eigenvalue weighted by Gasteiger charge is -2.20. The fourth-order valence-corrected chi connectivity index (χ4v) is 3.12. The first-order valence-electron chi connectivity index (χ1n) is 8.82. The van der Waals surface area contributed by atoms with Crippen molar-refractivity contribution in [1.82, 2.24) is 5.32 Å². The van der Waals surface area contributed by atoms with Crippen molar-refractivity contribution in [1.29, 1.82) is 0 Å². The van der Waals surface area contributed by atoms with Crippen molar-refractivity contribution in [3.63, 3.8) is 0 Å². The molecule has 146 valence electrons. The summed E-state index contributed by atoms with van der Waals surface area (Å²) in [7, 11) is 3.07. The largest absolute Gasteiger partial charge is 0.482 e. The van der Waals surface area contributed by atoms with Gasteiger partial charge in [0.15, 0.2) is 6.61 Å². The molecule has 27 heavy (non-hydrogen) atoms. The predicted molar refractivity (Wildman–Crippen MR) is 109 cm³/mol. The van der Waals surface area contributed by atoms with Gasteiger partial charge in [-0.2, -0.15) is 0 Å². The van der Waals surface area contributed by atoms with Crippen LogP contribution in [0.5, 0.6) is 5.75 Å². The quantitative estimate of drug-likeness (QED) is 0.573. The molecule has 0 heterocycles. The summed E-state index contributed by atoms with van der Waals surface area (Å²) in [6.07, 6.45) is 0.880. The molecule has 5 nitrogen and oxygen atoms in total. The number of hydrogen-bond acceptors (Lipinski definition) is 5. The molecule has 0 aliphatic heterocycles. The Bertz CT molecular complexity index is 720. The minimum absolute atomic E-state index is 0.000882. The summed E-state index contributed by atoms with van der Waals surface area (Å²) < 4.78 is 16.6. The molecular weight excluding hydrogens is 410 g/mol. The highest BCUT2D eigenvalue weighted by Crippen LogP contribution is 2.20. The van der Waals surface area contributed by atoms with Gasteiger partial charge in [-0.3, -0.25) is 0 Å². The Morgan fingerprint density at radius 2 is 1.89 bits per heavy atom. The third-order valence-electron chi connectivity index (χ3n) is 4.21. The first-order chi connectivity index (χ1) is 13.0. The number of benzene rings is 2. The van der Waals surface area contributed by atoms with E-state index in [1.807, 2.05) is 36.4 Å². The Balaban J connectivity index is 1.82. The lowest BCUT2D eigenvalue weighted by molar-refractivity contribution is -0.142. The number of halogens is 1. The Kier molecular flexibility index (Phi) is 8.78. The van der Waals surface area contributed by atoms with Gasteiger partial charge in [0.2, 0.25) is 0 Å². The van der Waals surface area contributed by atoms with Crippen LogP contribution in [0.3, 0.4) is 0 Å². The zero-order valence-electron chi connectivity index (χ0n) is 15.9. The third kappa shape index (κ3) is 7.33. The zero-order valence-corrected chi connectivity index (χ0v) is 17.5. The van der Waals surface area contributed by atoms with Crippen LogP contribution in [-0.2, 0) is 20.7 Å². The number of hydrogen-bond donors (Lipinski definition) is 1. The Morgan fingerprint density at radius 1 is 1.15 bits per heavy atom. The van der Waals surface area contributed by atoms with E-state index in [0.717, 1.165) is 23.0 Å². The van der Waals surface area contributed by atoms with E-state index in [-0.39, 0.29) is 18.8 Å². The lowest BCUT2D eigenvalue weighted by atomic mass is 10.1.